The van der Waals surface area contributed by atoms with Gasteiger partial charge in [0.2, 0.25) is 0 Å². The van der Waals surface area contributed by atoms with Gasteiger partial charge in [-0.05, 0) is 42.4 Å². The molecule has 1 aliphatic heterocycles. The first-order valence-corrected chi connectivity index (χ1v) is 7.50. The Balaban J connectivity index is 1.87. The lowest BCUT2D eigenvalue weighted by Crippen LogP contribution is -2.07. The van der Waals surface area contributed by atoms with E-state index in [1.165, 1.54) is 26.9 Å². The van der Waals surface area contributed by atoms with Crippen molar-refractivity contribution in [1.29, 1.82) is 0 Å². The maximum absolute atomic E-state index is 4.67. The summed E-state index contributed by atoms with van der Waals surface area (Å²) < 4.78 is 1.23. The molecule has 0 unspecified atom stereocenters. The van der Waals surface area contributed by atoms with Crippen LogP contribution in [0.15, 0.2) is 69.3 Å². The number of hydrogen-bond acceptors (Lipinski definition) is 1. The van der Waals surface area contributed by atoms with Gasteiger partial charge in [0.15, 0.2) is 0 Å². The minimum atomic E-state index is 1.03. The molecular formula is C17H16BrN. The van der Waals surface area contributed by atoms with E-state index in [1.54, 1.807) is 0 Å². The fourth-order valence-electron chi connectivity index (χ4n) is 2.56. The van der Waals surface area contributed by atoms with E-state index in [0.717, 1.165) is 25.7 Å². The predicted molar refractivity (Wildman–Crippen MR) is 84.6 cm³/mol. The molecule has 0 atom stereocenters. The Bertz CT molecular complexity index is 591. The molecule has 0 fully saturated rings. The molecule has 0 spiro atoms. The zero-order chi connectivity index (χ0) is 13.1. The zero-order valence-electron chi connectivity index (χ0n) is 10.8. The van der Waals surface area contributed by atoms with Gasteiger partial charge in [0.05, 0.1) is 0 Å². The third-order valence-electron chi connectivity index (χ3n) is 3.62. The van der Waals surface area contributed by atoms with Gasteiger partial charge in [0.25, 0.3) is 0 Å². The van der Waals surface area contributed by atoms with Crippen LogP contribution in [-0.2, 0) is 0 Å². The number of nitrogens with zero attached hydrogens (tertiary/aromatic N) is 1. The van der Waals surface area contributed by atoms with Gasteiger partial charge >= 0.3 is 0 Å². The van der Waals surface area contributed by atoms with Crippen molar-refractivity contribution in [2.45, 2.75) is 25.7 Å². The zero-order valence-corrected chi connectivity index (χ0v) is 12.4. The van der Waals surface area contributed by atoms with Crippen molar-refractivity contribution in [2.24, 2.45) is 4.99 Å². The number of rotatable bonds is 2. The number of hydrogen-bond donors (Lipinski definition) is 0. The number of aliphatic imine (C=N–C) groups is 1. The van der Waals surface area contributed by atoms with Crippen LogP contribution in [0.2, 0.25) is 0 Å². The van der Waals surface area contributed by atoms with Crippen LogP contribution in [0.4, 0.5) is 0 Å². The summed E-state index contributed by atoms with van der Waals surface area (Å²) in [7, 11) is 0. The standard InChI is InChI=1S/C17H16BrN/c18-16-9-5-4-8-15(16)14-10-11-17(19-12-14)13-6-2-1-3-7-13/h1-3,5-7,9,12H,4,8,10-11H2. The average Bonchev–Trinajstić information content (AvgIpc) is 2.49. The first kappa shape index (κ1) is 12.6. The second-order valence-corrected chi connectivity index (χ2v) is 5.72. The molecule has 1 aromatic carbocycles. The fraction of sp³-hybridized carbons (Fsp3) is 0.235. The molecule has 0 amide bonds. The SMILES string of the molecule is BrC1=C(C2=CN=C(c3ccccc3)CC2)CCC=C1. The van der Waals surface area contributed by atoms with E-state index in [-0.39, 0.29) is 0 Å². The van der Waals surface area contributed by atoms with E-state index in [0.29, 0.717) is 0 Å². The normalized spacial score (nSPS) is 19.2. The van der Waals surface area contributed by atoms with Crippen molar-refractivity contribution in [3.63, 3.8) is 0 Å². The molecule has 2 aliphatic rings. The van der Waals surface area contributed by atoms with Crippen molar-refractivity contribution in [1.82, 2.24) is 0 Å². The molecule has 0 N–H and O–H groups in total. The van der Waals surface area contributed by atoms with E-state index in [1.807, 2.05) is 6.07 Å². The third kappa shape index (κ3) is 2.79. The quantitative estimate of drug-likeness (QED) is 0.715. The topological polar surface area (TPSA) is 12.4 Å². The monoisotopic (exact) mass is 313 g/mol. The molecule has 0 saturated carbocycles. The van der Waals surface area contributed by atoms with Gasteiger partial charge in [-0.3, -0.25) is 4.99 Å². The van der Waals surface area contributed by atoms with Gasteiger partial charge in [-0.25, -0.2) is 0 Å². The van der Waals surface area contributed by atoms with Crippen LogP contribution in [0, 0.1) is 0 Å². The summed E-state index contributed by atoms with van der Waals surface area (Å²) in [5.41, 5.74) is 5.26. The average molecular weight is 314 g/mol. The maximum Gasteiger partial charge on any atom is 0.0479 e. The largest absolute Gasteiger partial charge is 0.260 e. The number of halogens is 1. The van der Waals surface area contributed by atoms with Gasteiger partial charge in [-0.1, -0.05) is 58.4 Å². The molecule has 19 heavy (non-hydrogen) atoms. The molecule has 3 rings (SSSR count). The molecule has 0 bridgehead atoms. The summed E-state index contributed by atoms with van der Waals surface area (Å²) in [6.45, 7) is 0. The molecule has 2 heteroatoms. The predicted octanol–water partition coefficient (Wildman–Crippen LogP) is 5.15. The van der Waals surface area contributed by atoms with Crippen molar-refractivity contribution >= 4 is 21.6 Å². The molecule has 0 radical (unpaired) electrons. The minimum absolute atomic E-state index is 1.03. The Morgan fingerprint density at radius 2 is 1.84 bits per heavy atom. The fourth-order valence-corrected chi connectivity index (χ4v) is 3.20. The molecule has 1 heterocycles. The highest BCUT2D eigenvalue weighted by Crippen LogP contribution is 2.33. The van der Waals surface area contributed by atoms with Crippen LogP contribution in [0.1, 0.15) is 31.2 Å². The van der Waals surface area contributed by atoms with E-state index in [9.17, 15) is 0 Å². The van der Waals surface area contributed by atoms with E-state index in [4.69, 9.17) is 0 Å². The van der Waals surface area contributed by atoms with E-state index >= 15 is 0 Å². The summed E-state index contributed by atoms with van der Waals surface area (Å²) >= 11 is 3.65. The lowest BCUT2D eigenvalue weighted by atomic mass is 9.91. The van der Waals surface area contributed by atoms with E-state index < -0.39 is 0 Å². The molecule has 0 saturated heterocycles. The van der Waals surface area contributed by atoms with Crippen molar-refractivity contribution < 1.29 is 0 Å². The molecule has 1 nitrogen and oxygen atoms in total. The lowest BCUT2D eigenvalue weighted by Gasteiger charge is -2.19. The van der Waals surface area contributed by atoms with Crippen LogP contribution < -0.4 is 0 Å². The minimum Gasteiger partial charge on any atom is -0.260 e. The highest BCUT2D eigenvalue weighted by atomic mass is 79.9. The Morgan fingerprint density at radius 3 is 2.53 bits per heavy atom. The second kappa shape index (κ2) is 5.70. The maximum atomic E-state index is 4.67. The Hall–Kier alpha value is -1.41. The van der Waals surface area contributed by atoms with Crippen LogP contribution in [0.3, 0.4) is 0 Å². The summed E-state index contributed by atoms with van der Waals surface area (Å²) in [5.74, 6) is 0. The summed E-state index contributed by atoms with van der Waals surface area (Å²) in [6.07, 6.45) is 10.8. The van der Waals surface area contributed by atoms with Crippen LogP contribution >= 0.6 is 15.9 Å². The van der Waals surface area contributed by atoms with E-state index in [2.05, 4.69) is 63.5 Å². The van der Waals surface area contributed by atoms with Crippen LogP contribution in [0.5, 0.6) is 0 Å². The van der Waals surface area contributed by atoms with Crippen LogP contribution in [-0.4, -0.2) is 5.71 Å². The first-order valence-electron chi connectivity index (χ1n) is 6.71. The molecular weight excluding hydrogens is 298 g/mol. The Kier molecular flexibility index (Phi) is 3.79. The highest BCUT2D eigenvalue weighted by Gasteiger charge is 2.15. The molecule has 1 aromatic rings. The number of benzene rings is 1. The van der Waals surface area contributed by atoms with Gasteiger partial charge in [0, 0.05) is 16.4 Å². The molecule has 96 valence electrons. The van der Waals surface area contributed by atoms with Crippen molar-refractivity contribution in [3.05, 3.63) is 69.9 Å². The van der Waals surface area contributed by atoms with Crippen molar-refractivity contribution in [2.75, 3.05) is 0 Å². The third-order valence-corrected chi connectivity index (χ3v) is 4.36. The Labute approximate surface area is 122 Å². The summed E-state index contributed by atoms with van der Waals surface area (Å²) in [5, 5.41) is 0. The molecule has 1 aliphatic carbocycles. The number of allylic oxidation sites excluding steroid dienone is 5. The van der Waals surface area contributed by atoms with Crippen LogP contribution in [0.25, 0.3) is 0 Å². The summed E-state index contributed by atoms with van der Waals surface area (Å²) in [6, 6.07) is 10.5. The highest BCUT2D eigenvalue weighted by molar-refractivity contribution is 9.11. The smallest absolute Gasteiger partial charge is 0.0479 e. The van der Waals surface area contributed by atoms with Gasteiger partial charge in [0.1, 0.15) is 0 Å². The van der Waals surface area contributed by atoms with Gasteiger partial charge in [-0.2, -0.15) is 0 Å². The molecule has 0 aromatic heterocycles. The van der Waals surface area contributed by atoms with Crippen molar-refractivity contribution in [3.8, 4) is 0 Å². The van der Waals surface area contributed by atoms with Gasteiger partial charge in [-0.15, -0.1) is 0 Å². The lowest BCUT2D eigenvalue weighted by molar-refractivity contribution is 0.901. The second-order valence-electron chi connectivity index (χ2n) is 4.86. The van der Waals surface area contributed by atoms with Gasteiger partial charge < -0.3 is 0 Å². The Morgan fingerprint density at radius 1 is 1.00 bits per heavy atom. The first-order chi connectivity index (χ1) is 9.34. The summed E-state index contributed by atoms with van der Waals surface area (Å²) in [4.78, 5) is 4.67.